The van der Waals surface area contributed by atoms with Gasteiger partial charge in [-0.3, -0.25) is 0 Å². The van der Waals surface area contributed by atoms with Crippen LogP contribution < -0.4 is 4.90 Å². The van der Waals surface area contributed by atoms with E-state index >= 15 is 0 Å². The Bertz CT molecular complexity index is 449. The molecule has 1 aliphatic rings. The molecular weight excluding hydrogens is 222 g/mol. The summed E-state index contributed by atoms with van der Waals surface area (Å²) in [6.07, 6.45) is 6.58. The molecule has 0 unspecified atom stereocenters. The van der Waals surface area contributed by atoms with Gasteiger partial charge in [0.25, 0.3) is 0 Å². The van der Waals surface area contributed by atoms with Crippen molar-refractivity contribution in [1.29, 1.82) is 5.26 Å². The molecule has 0 amide bonds. The van der Waals surface area contributed by atoms with Crippen LogP contribution in [0.5, 0.6) is 0 Å². The Morgan fingerprint density at radius 2 is 2.06 bits per heavy atom. The third-order valence-electron chi connectivity index (χ3n) is 4.13. The Labute approximate surface area is 109 Å². The largest absolute Gasteiger partial charge is 0.369 e. The normalized spacial score (nSPS) is 19.2. The van der Waals surface area contributed by atoms with Crippen LogP contribution >= 0.6 is 0 Å². The Kier molecular flexibility index (Phi) is 3.56. The Morgan fingerprint density at radius 3 is 2.67 bits per heavy atom. The lowest BCUT2D eigenvalue weighted by Gasteiger charge is -2.39. The lowest BCUT2D eigenvalue weighted by molar-refractivity contribution is 0.222. The van der Waals surface area contributed by atoms with E-state index in [1.54, 1.807) is 6.20 Å². The number of aromatic nitrogens is 1. The summed E-state index contributed by atoms with van der Waals surface area (Å²) in [6, 6.07) is 6.61. The zero-order valence-electron chi connectivity index (χ0n) is 11.5. The number of pyridine rings is 1. The summed E-state index contributed by atoms with van der Waals surface area (Å²) in [6.45, 7) is 4.68. The molecule has 1 aliphatic carbocycles. The van der Waals surface area contributed by atoms with Gasteiger partial charge in [0.2, 0.25) is 0 Å². The first kappa shape index (κ1) is 12.9. The highest BCUT2D eigenvalue weighted by Crippen LogP contribution is 2.37. The molecule has 1 fully saturated rings. The van der Waals surface area contributed by atoms with Crippen molar-refractivity contribution in [2.24, 2.45) is 5.41 Å². The van der Waals surface area contributed by atoms with Crippen molar-refractivity contribution in [3.63, 3.8) is 0 Å². The van der Waals surface area contributed by atoms with Crippen LogP contribution in [0.15, 0.2) is 18.3 Å². The van der Waals surface area contributed by atoms with Gasteiger partial charge in [0.05, 0.1) is 5.69 Å². The summed E-state index contributed by atoms with van der Waals surface area (Å²) < 4.78 is 0. The molecule has 3 heteroatoms. The second-order valence-corrected chi connectivity index (χ2v) is 5.99. The van der Waals surface area contributed by atoms with Gasteiger partial charge in [0, 0.05) is 19.3 Å². The summed E-state index contributed by atoms with van der Waals surface area (Å²) >= 11 is 0. The fourth-order valence-electron chi connectivity index (χ4n) is 2.74. The van der Waals surface area contributed by atoms with E-state index < -0.39 is 0 Å². The van der Waals surface area contributed by atoms with Crippen molar-refractivity contribution in [3.05, 3.63) is 24.0 Å². The van der Waals surface area contributed by atoms with Gasteiger partial charge in [-0.15, -0.1) is 0 Å². The fourth-order valence-corrected chi connectivity index (χ4v) is 2.74. The molecule has 0 spiro atoms. The summed E-state index contributed by atoms with van der Waals surface area (Å²) in [5.41, 5.74) is 1.97. The van der Waals surface area contributed by atoms with Crippen LogP contribution in [-0.4, -0.2) is 18.1 Å². The van der Waals surface area contributed by atoms with Gasteiger partial charge in [0.1, 0.15) is 6.07 Å². The summed E-state index contributed by atoms with van der Waals surface area (Å²) in [5, 5.41) is 9.11. The molecule has 0 saturated heterocycles. The number of hydrogen-bond acceptors (Lipinski definition) is 3. The molecule has 3 nitrogen and oxygen atoms in total. The van der Waals surface area contributed by atoms with Gasteiger partial charge >= 0.3 is 0 Å². The summed E-state index contributed by atoms with van der Waals surface area (Å²) in [7, 11) is 2.08. The van der Waals surface area contributed by atoms with Gasteiger partial charge < -0.3 is 4.90 Å². The van der Waals surface area contributed by atoms with Crippen LogP contribution in [0.1, 0.15) is 45.2 Å². The van der Waals surface area contributed by atoms with E-state index in [9.17, 15) is 0 Å². The minimum atomic E-state index is 0.477. The van der Waals surface area contributed by atoms with E-state index in [1.807, 2.05) is 12.1 Å². The molecule has 0 radical (unpaired) electrons. The van der Waals surface area contributed by atoms with Gasteiger partial charge in [-0.05, 0) is 43.2 Å². The minimum Gasteiger partial charge on any atom is -0.369 e. The molecule has 18 heavy (non-hydrogen) atoms. The Morgan fingerprint density at radius 1 is 1.39 bits per heavy atom. The first-order valence-corrected chi connectivity index (χ1v) is 6.61. The maximum atomic E-state index is 9.11. The second-order valence-electron chi connectivity index (χ2n) is 5.99. The molecule has 0 aliphatic heterocycles. The molecule has 1 heterocycles. The zero-order chi connectivity index (χ0) is 13.2. The van der Waals surface area contributed by atoms with Crippen molar-refractivity contribution in [3.8, 4) is 6.07 Å². The van der Waals surface area contributed by atoms with Gasteiger partial charge in [-0.25, -0.2) is 4.98 Å². The lowest BCUT2D eigenvalue weighted by Crippen LogP contribution is -2.37. The molecule has 0 atom stereocenters. The lowest BCUT2D eigenvalue weighted by atomic mass is 9.75. The SMILES string of the molecule is CN(c1cccnc1C#N)C1CCC(C)(C)CC1. The van der Waals surface area contributed by atoms with E-state index in [-0.39, 0.29) is 0 Å². The molecule has 1 saturated carbocycles. The first-order chi connectivity index (χ1) is 8.53. The fraction of sp³-hybridized carbons (Fsp3) is 0.600. The zero-order valence-corrected chi connectivity index (χ0v) is 11.5. The second kappa shape index (κ2) is 4.97. The van der Waals surface area contributed by atoms with Crippen molar-refractivity contribution in [2.45, 2.75) is 45.6 Å². The number of nitrogens with zero attached hydrogens (tertiary/aromatic N) is 3. The van der Waals surface area contributed by atoms with E-state index in [2.05, 4.69) is 36.8 Å². The topological polar surface area (TPSA) is 39.9 Å². The monoisotopic (exact) mass is 243 g/mol. The van der Waals surface area contributed by atoms with Crippen molar-refractivity contribution >= 4 is 5.69 Å². The van der Waals surface area contributed by atoms with Crippen molar-refractivity contribution < 1.29 is 0 Å². The predicted octanol–water partition coefficient (Wildman–Crippen LogP) is 3.36. The first-order valence-electron chi connectivity index (χ1n) is 6.61. The molecule has 1 aromatic rings. The van der Waals surface area contributed by atoms with Crippen molar-refractivity contribution in [2.75, 3.05) is 11.9 Å². The van der Waals surface area contributed by atoms with E-state index in [1.165, 1.54) is 25.7 Å². The molecule has 0 aromatic carbocycles. The van der Waals surface area contributed by atoms with E-state index in [0.29, 0.717) is 17.2 Å². The average Bonchev–Trinajstić information content (AvgIpc) is 2.38. The van der Waals surface area contributed by atoms with Gasteiger partial charge in [-0.2, -0.15) is 5.26 Å². The van der Waals surface area contributed by atoms with Crippen LogP contribution in [0.2, 0.25) is 0 Å². The quantitative estimate of drug-likeness (QED) is 0.799. The molecule has 0 bridgehead atoms. The van der Waals surface area contributed by atoms with E-state index in [4.69, 9.17) is 5.26 Å². The molecule has 0 N–H and O–H groups in total. The smallest absolute Gasteiger partial charge is 0.163 e. The number of nitriles is 1. The molecule has 96 valence electrons. The third-order valence-corrected chi connectivity index (χ3v) is 4.13. The Balaban J connectivity index is 2.13. The molecular formula is C15H21N3. The maximum Gasteiger partial charge on any atom is 0.163 e. The third kappa shape index (κ3) is 2.64. The summed E-state index contributed by atoms with van der Waals surface area (Å²) in [5.74, 6) is 0. The molecule has 2 rings (SSSR count). The van der Waals surface area contributed by atoms with Gasteiger partial charge in [0.15, 0.2) is 5.69 Å². The standard InChI is InChI=1S/C15H21N3/c1-15(2)8-6-12(7-9-15)18(3)14-5-4-10-17-13(14)11-16/h4-5,10,12H,6-9H2,1-3H3. The van der Waals surface area contributed by atoms with Crippen LogP contribution in [0.3, 0.4) is 0 Å². The van der Waals surface area contributed by atoms with Crippen LogP contribution in [0.4, 0.5) is 5.69 Å². The van der Waals surface area contributed by atoms with Crippen LogP contribution in [0, 0.1) is 16.7 Å². The predicted molar refractivity (Wildman–Crippen MR) is 73.4 cm³/mol. The number of rotatable bonds is 2. The van der Waals surface area contributed by atoms with Crippen LogP contribution in [0.25, 0.3) is 0 Å². The highest BCUT2D eigenvalue weighted by molar-refractivity contribution is 5.55. The van der Waals surface area contributed by atoms with Crippen molar-refractivity contribution in [1.82, 2.24) is 4.98 Å². The minimum absolute atomic E-state index is 0.477. The number of hydrogen-bond donors (Lipinski definition) is 0. The maximum absolute atomic E-state index is 9.11. The van der Waals surface area contributed by atoms with E-state index in [0.717, 1.165) is 5.69 Å². The average molecular weight is 243 g/mol. The highest BCUT2D eigenvalue weighted by Gasteiger charge is 2.29. The Hall–Kier alpha value is -1.56. The molecule has 1 aromatic heterocycles. The summed E-state index contributed by atoms with van der Waals surface area (Å²) in [4.78, 5) is 6.38. The number of anilines is 1. The van der Waals surface area contributed by atoms with Gasteiger partial charge in [-0.1, -0.05) is 13.8 Å². The highest BCUT2D eigenvalue weighted by atomic mass is 15.1. The van der Waals surface area contributed by atoms with Crippen LogP contribution in [-0.2, 0) is 0 Å².